The fourth-order valence-electron chi connectivity index (χ4n) is 4.72. The molecule has 0 saturated carbocycles. The normalized spacial score (nSPS) is 14.1. The minimum Gasteiger partial charge on any atom is -0.0622 e. The van der Waals surface area contributed by atoms with Crippen LogP contribution in [0.2, 0.25) is 0 Å². The average Bonchev–Trinajstić information content (AvgIpc) is 3.43. The molecular formula is C30H22. The van der Waals surface area contributed by atoms with Gasteiger partial charge in [0.25, 0.3) is 0 Å². The first kappa shape index (κ1) is 17.2. The van der Waals surface area contributed by atoms with Gasteiger partial charge in [-0.1, -0.05) is 109 Å². The molecule has 6 rings (SSSR count). The first-order valence-electron chi connectivity index (χ1n) is 10.6. The van der Waals surface area contributed by atoms with E-state index >= 15 is 0 Å². The van der Waals surface area contributed by atoms with E-state index < -0.39 is 0 Å². The van der Waals surface area contributed by atoms with Crippen LogP contribution >= 0.6 is 0 Å². The van der Waals surface area contributed by atoms with Crippen LogP contribution in [-0.4, -0.2) is 0 Å². The highest BCUT2D eigenvalue weighted by Crippen LogP contribution is 2.37. The van der Waals surface area contributed by atoms with Crippen LogP contribution in [0, 0.1) is 0 Å². The Morgan fingerprint density at radius 3 is 1.27 bits per heavy atom. The lowest BCUT2D eigenvalue weighted by molar-refractivity contribution is 1.30. The van der Waals surface area contributed by atoms with Gasteiger partial charge in [-0.3, -0.25) is 0 Å². The molecule has 0 radical (unpaired) electrons. The van der Waals surface area contributed by atoms with Gasteiger partial charge in [0.1, 0.15) is 0 Å². The second kappa shape index (κ2) is 7.00. The zero-order valence-corrected chi connectivity index (χ0v) is 16.8. The van der Waals surface area contributed by atoms with Crippen molar-refractivity contribution in [3.05, 3.63) is 130 Å². The highest BCUT2D eigenvalue weighted by molar-refractivity contribution is 5.91. The Kier molecular flexibility index (Phi) is 4.02. The van der Waals surface area contributed by atoms with Crippen LogP contribution in [0.15, 0.2) is 97.1 Å². The minimum atomic E-state index is 1.01. The topological polar surface area (TPSA) is 0 Å². The summed E-state index contributed by atoms with van der Waals surface area (Å²) in [6, 6.07) is 35.3. The molecule has 0 N–H and O–H groups in total. The smallest absolute Gasteiger partial charge is 0.00135 e. The third-order valence-electron chi connectivity index (χ3n) is 6.33. The fourth-order valence-corrected chi connectivity index (χ4v) is 4.72. The fraction of sp³-hybridized carbons (Fsp3) is 0.0667. The Hall–Kier alpha value is -3.64. The van der Waals surface area contributed by atoms with Crippen LogP contribution < -0.4 is 0 Å². The maximum Gasteiger partial charge on any atom is -0.00135 e. The molecule has 0 amide bonds. The van der Waals surface area contributed by atoms with Crippen molar-refractivity contribution in [2.75, 3.05) is 0 Å². The number of benzene rings is 4. The van der Waals surface area contributed by atoms with Crippen molar-refractivity contribution in [2.45, 2.75) is 12.8 Å². The molecule has 0 spiro atoms. The number of rotatable bonds is 3. The van der Waals surface area contributed by atoms with E-state index in [0.717, 1.165) is 12.8 Å². The Morgan fingerprint density at radius 1 is 0.400 bits per heavy atom. The van der Waals surface area contributed by atoms with Gasteiger partial charge in [-0.05, 0) is 68.5 Å². The van der Waals surface area contributed by atoms with Gasteiger partial charge in [0.15, 0.2) is 0 Å². The van der Waals surface area contributed by atoms with Crippen molar-refractivity contribution in [1.29, 1.82) is 0 Å². The number of hydrogen-bond donors (Lipinski definition) is 0. The van der Waals surface area contributed by atoms with Crippen LogP contribution in [0.4, 0.5) is 0 Å². The molecule has 0 heteroatoms. The summed E-state index contributed by atoms with van der Waals surface area (Å²) in [7, 11) is 0. The van der Waals surface area contributed by atoms with Gasteiger partial charge >= 0.3 is 0 Å². The van der Waals surface area contributed by atoms with Crippen molar-refractivity contribution in [3.8, 4) is 11.1 Å². The van der Waals surface area contributed by atoms with E-state index in [4.69, 9.17) is 0 Å². The lowest BCUT2D eigenvalue weighted by Gasteiger charge is -2.08. The predicted octanol–water partition coefficient (Wildman–Crippen LogP) is 7.55. The van der Waals surface area contributed by atoms with Gasteiger partial charge in [-0.15, -0.1) is 0 Å². The molecule has 4 aromatic rings. The van der Waals surface area contributed by atoms with E-state index in [2.05, 4.69) is 109 Å². The molecule has 30 heavy (non-hydrogen) atoms. The highest BCUT2D eigenvalue weighted by atomic mass is 14.2. The van der Waals surface area contributed by atoms with Crippen LogP contribution in [0.3, 0.4) is 0 Å². The molecule has 0 bridgehead atoms. The zero-order valence-electron chi connectivity index (χ0n) is 16.8. The Balaban J connectivity index is 1.27. The number of fused-ring (bicyclic) bond motifs is 2. The molecule has 0 aliphatic heterocycles. The highest BCUT2D eigenvalue weighted by Gasteiger charge is 2.17. The van der Waals surface area contributed by atoms with E-state index in [-0.39, 0.29) is 0 Å². The van der Waals surface area contributed by atoms with E-state index in [1.807, 2.05) is 0 Å². The lowest BCUT2D eigenvalue weighted by atomic mass is 9.96. The van der Waals surface area contributed by atoms with Crippen LogP contribution in [0.1, 0.15) is 33.4 Å². The quantitative estimate of drug-likeness (QED) is 0.343. The maximum atomic E-state index is 2.38. The first-order chi connectivity index (χ1) is 14.8. The molecule has 0 aromatic heterocycles. The summed E-state index contributed by atoms with van der Waals surface area (Å²) in [6.45, 7) is 0. The number of allylic oxidation sites excluding steroid dienone is 2. The first-order valence-corrected chi connectivity index (χ1v) is 10.6. The second-order valence-electron chi connectivity index (χ2n) is 8.25. The summed E-state index contributed by atoms with van der Waals surface area (Å²) in [5.41, 5.74) is 13.7. The SMILES string of the molecule is C1=C(c2ccccc2)Cc2cc(-c3ccc4c(c3)CC(c3ccccc3)=C4)ccc21. The van der Waals surface area contributed by atoms with Crippen LogP contribution in [-0.2, 0) is 12.8 Å². The van der Waals surface area contributed by atoms with Gasteiger partial charge in [-0.2, -0.15) is 0 Å². The summed E-state index contributed by atoms with van der Waals surface area (Å²) < 4.78 is 0. The van der Waals surface area contributed by atoms with Crippen molar-refractivity contribution >= 4 is 23.3 Å². The number of hydrogen-bond acceptors (Lipinski definition) is 0. The molecule has 2 aliphatic rings. The summed E-state index contributed by atoms with van der Waals surface area (Å²) in [4.78, 5) is 0. The lowest BCUT2D eigenvalue weighted by Crippen LogP contribution is -1.89. The molecular weight excluding hydrogens is 360 g/mol. The van der Waals surface area contributed by atoms with Crippen molar-refractivity contribution in [2.24, 2.45) is 0 Å². The molecule has 2 aliphatic carbocycles. The molecule has 0 nitrogen and oxygen atoms in total. The maximum absolute atomic E-state index is 2.38. The summed E-state index contributed by atoms with van der Waals surface area (Å²) in [5.74, 6) is 0. The van der Waals surface area contributed by atoms with E-state index in [1.54, 1.807) is 0 Å². The molecule has 142 valence electrons. The van der Waals surface area contributed by atoms with E-state index in [1.165, 1.54) is 55.7 Å². The molecule has 0 fully saturated rings. The average molecular weight is 383 g/mol. The Bertz CT molecular complexity index is 1200. The summed E-state index contributed by atoms with van der Waals surface area (Å²) in [5, 5.41) is 0. The van der Waals surface area contributed by atoms with Crippen LogP contribution in [0.25, 0.3) is 34.4 Å². The molecule has 4 aromatic carbocycles. The monoisotopic (exact) mass is 382 g/mol. The molecule has 0 atom stereocenters. The molecule has 0 unspecified atom stereocenters. The predicted molar refractivity (Wildman–Crippen MR) is 128 cm³/mol. The van der Waals surface area contributed by atoms with Crippen molar-refractivity contribution in [3.63, 3.8) is 0 Å². The van der Waals surface area contributed by atoms with Crippen molar-refractivity contribution in [1.82, 2.24) is 0 Å². The molecule has 0 heterocycles. The Morgan fingerprint density at radius 2 is 0.833 bits per heavy atom. The molecule has 0 saturated heterocycles. The van der Waals surface area contributed by atoms with Crippen molar-refractivity contribution < 1.29 is 0 Å². The standard InChI is InChI=1S/C30H22/c1-3-7-21(8-4-1)27-17-25-13-11-23(15-29(25)19-27)24-12-14-26-18-28(20-30(26)16-24)22-9-5-2-6-10-22/h1-18H,19-20H2. The zero-order chi connectivity index (χ0) is 19.9. The summed E-state index contributed by atoms with van der Waals surface area (Å²) in [6.07, 6.45) is 6.70. The van der Waals surface area contributed by atoms with E-state index in [9.17, 15) is 0 Å². The second-order valence-corrected chi connectivity index (χ2v) is 8.25. The Labute approximate surface area is 177 Å². The third kappa shape index (κ3) is 3.02. The largest absolute Gasteiger partial charge is 0.0622 e. The van der Waals surface area contributed by atoms with E-state index in [0.29, 0.717) is 0 Å². The van der Waals surface area contributed by atoms with Gasteiger partial charge < -0.3 is 0 Å². The summed E-state index contributed by atoms with van der Waals surface area (Å²) >= 11 is 0. The van der Waals surface area contributed by atoms with Gasteiger partial charge in [-0.25, -0.2) is 0 Å². The minimum absolute atomic E-state index is 1.01. The van der Waals surface area contributed by atoms with Crippen LogP contribution in [0.5, 0.6) is 0 Å². The van der Waals surface area contributed by atoms with Gasteiger partial charge in [0, 0.05) is 0 Å². The third-order valence-corrected chi connectivity index (χ3v) is 6.33. The van der Waals surface area contributed by atoms with Gasteiger partial charge in [0.05, 0.1) is 0 Å². The van der Waals surface area contributed by atoms with Gasteiger partial charge in [0.2, 0.25) is 0 Å².